The van der Waals surface area contributed by atoms with Crippen LogP contribution in [0.25, 0.3) is 0 Å². The number of hydrogen-bond donors (Lipinski definition) is 1. The van der Waals surface area contributed by atoms with Gasteiger partial charge in [-0.2, -0.15) is 0 Å². The molecular weight excluding hydrogens is 253 g/mol. The van der Waals surface area contributed by atoms with Gasteiger partial charge in [-0.25, -0.2) is 4.39 Å². The van der Waals surface area contributed by atoms with Crippen molar-refractivity contribution in [1.82, 2.24) is 0 Å². The first-order chi connectivity index (χ1) is 8.58. The summed E-state index contributed by atoms with van der Waals surface area (Å²) in [6, 6.07) is 9.91. The second-order valence-corrected chi connectivity index (χ2v) is 4.41. The zero-order valence-corrected chi connectivity index (χ0v) is 10.7. The molecule has 0 atom stereocenters. The first-order valence-corrected chi connectivity index (χ1v) is 5.87. The fraction of sp³-hybridized carbons (Fsp3) is 0.143. The van der Waals surface area contributed by atoms with E-state index in [1.807, 2.05) is 13.0 Å². The third-order valence-corrected chi connectivity index (χ3v) is 3.05. The zero-order chi connectivity index (χ0) is 13.1. The van der Waals surface area contributed by atoms with E-state index in [0.29, 0.717) is 22.0 Å². The number of aryl methyl sites for hydroxylation is 1. The zero-order valence-electron chi connectivity index (χ0n) is 9.91. The normalized spacial score (nSPS) is 10.4. The van der Waals surface area contributed by atoms with Crippen molar-refractivity contribution in [1.29, 1.82) is 0 Å². The van der Waals surface area contributed by atoms with Crippen LogP contribution in [0, 0.1) is 12.7 Å². The van der Waals surface area contributed by atoms with Gasteiger partial charge in [0.05, 0.1) is 5.02 Å². The Balaban J connectivity index is 2.14. The van der Waals surface area contributed by atoms with Crippen molar-refractivity contribution >= 4 is 17.3 Å². The fourth-order valence-electron chi connectivity index (χ4n) is 1.53. The van der Waals surface area contributed by atoms with E-state index in [2.05, 4.69) is 0 Å². The Labute approximate surface area is 110 Å². The van der Waals surface area contributed by atoms with Gasteiger partial charge in [0.2, 0.25) is 0 Å². The maximum Gasteiger partial charge on any atom is 0.131 e. The van der Waals surface area contributed by atoms with Crippen molar-refractivity contribution in [2.45, 2.75) is 13.5 Å². The van der Waals surface area contributed by atoms with Crippen LogP contribution in [-0.2, 0) is 6.61 Å². The van der Waals surface area contributed by atoms with Gasteiger partial charge < -0.3 is 10.5 Å². The topological polar surface area (TPSA) is 35.2 Å². The van der Waals surface area contributed by atoms with Gasteiger partial charge in [-0.3, -0.25) is 0 Å². The largest absolute Gasteiger partial charge is 0.489 e. The van der Waals surface area contributed by atoms with E-state index >= 15 is 0 Å². The Kier molecular flexibility index (Phi) is 3.72. The number of anilines is 1. The molecule has 0 saturated heterocycles. The van der Waals surface area contributed by atoms with Gasteiger partial charge in [-0.1, -0.05) is 23.7 Å². The molecule has 0 aliphatic carbocycles. The first-order valence-electron chi connectivity index (χ1n) is 5.50. The number of ether oxygens (including phenoxy) is 1. The first kappa shape index (κ1) is 12.7. The van der Waals surface area contributed by atoms with Crippen molar-refractivity contribution in [3.63, 3.8) is 0 Å². The summed E-state index contributed by atoms with van der Waals surface area (Å²) < 4.78 is 19.0. The average Bonchev–Trinajstić information content (AvgIpc) is 2.33. The highest BCUT2D eigenvalue weighted by molar-refractivity contribution is 6.31. The number of nitrogen functional groups attached to an aromatic ring is 1. The molecule has 0 fully saturated rings. The molecule has 2 aromatic carbocycles. The summed E-state index contributed by atoms with van der Waals surface area (Å²) in [5, 5.41) is 0.357. The summed E-state index contributed by atoms with van der Waals surface area (Å²) in [6.07, 6.45) is 0. The minimum Gasteiger partial charge on any atom is -0.489 e. The molecule has 18 heavy (non-hydrogen) atoms. The highest BCUT2D eigenvalue weighted by Gasteiger charge is 2.07. The molecule has 94 valence electrons. The standard InChI is InChI=1S/C14H13ClFNO/c1-9-5-6-10(7-14(9)17)18-8-11-12(15)3-2-4-13(11)16/h2-7H,8,17H2,1H3. The highest BCUT2D eigenvalue weighted by Crippen LogP contribution is 2.23. The van der Waals surface area contributed by atoms with Gasteiger partial charge in [0.25, 0.3) is 0 Å². The maximum atomic E-state index is 13.5. The van der Waals surface area contributed by atoms with E-state index in [9.17, 15) is 4.39 Å². The van der Waals surface area contributed by atoms with E-state index < -0.39 is 0 Å². The van der Waals surface area contributed by atoms with Gasteiger partial charge in [0.1, 0.15) is 18.2 Å². The summed E-state index contributed by atoms with van der Waals surface area (Å²) in [7, 11) is 0. The Hall–Kier alpha value is -1.74. The van der Waals surface area contributed by atoms with E-state index in [1.54, 1.807) is 24.3 Å². The Morgan fingerprint density at radius 1 is 1.28 bits per heavy atom. The van der Waals surface area contributed by atoms with Crippen LogP contribution in [0.5, 0.6) is 5.75 Å². The van der Waals surface area contributed by atoms with Gasteiger partial charge in [0.15, 0.2) is 0 Å². The quantitative estimate of drug-likeness (QED) is 0.853. The number of nitrogens with two attached hydrogens (primary N) is 1. The minimum absolute atomic E-state index is 0.0774. The van der Waals surface area contributed by atoms with Crippen LogP contribution in [-0.4, -0.2) is 0 Å². The summed E-state index contributed by atoms with van der Waals surface area (Å²) in [5.74, 6) is 0.222. The molecule has 0 heterocycles. The average molecular weight is 266 g/mol. The van der Waals surface area contributed by atoms with Crippen LogP contribution < -0.4 is 10.5 Å². The van der Waals surface area contributed by atoms with Crippen LogP contribution in [0.2, 0.25) is 5.02 Å². The van der Waals surface area contributed by atoms with Gasteiger partial charge in [-0.05, 0) is 30.7 Å². The number of rotatable bonds is 3. The van der Waals surface area contributed by atoms with Gasteiger partial charge >= 0.3 is 0 Å². The monoisotopic (exact) mass is 265 g/mol. The smallest absolute Gasteiger partial charge is 0.131 e. The molecule has 2 nitrogen and oxygen atoms in total. The minimum atomic E-state index is -0.373. The van der Waals surface area contributed by atoms with E-state index in [1.165, 1.54) is 6.07 Å². The summed E-state index contributed by atoms with van der Waals surface area (Å²) in [6.45, 7) is 1.99. The lowest BCUT2D eigenvalue weighted by Crippen LogP contribution is -2.00. The Morgan fingerprint density at radius 3 is 2.72 bits per heavy atom. The van der Waals surface area contributed by atoms with Gasteiger partial charge in [-0.15, -0.1) is 0 Å². The number of benzene rings is 2. The number of halogens is 2. The molecule has 0 aliphatic rings. The molecule has 0 amide bonds. The molecule has 2 N–H and O–H groups in total. The summed E-state index contributed by atoms with van der Waals surface area (Å²) in [4.78, 5) is 0. The molecule has 0 spiro atoms. The lowest BCUT2D eigenvalue weighted by Gasteiger charge is -2.10. The summed E-state index contributed by atoms with van der Waals surface area (Å²) >= 11 is 5.91. The summed E-state index contributed by atoms with van der Waals surface area (Å²) in [5.41, 5.74) is 7.74. The SMILES string of the molecule is Cc1ccc(OCc2c(F)cccc2Cl)cc1N. The highest BCUT2D eigenvalue weighted by atomic mass is 35.5. The molecule has 2 aromatic rings. The van der Waals surface area contributed by atoms with Crippen molar-refractivity contribution in [3.8, 4) is 5.75 Å². The fourth-order valence-corrected chi connectivity index (χ4v) is 1.75. The second kappa shape index (κ2) is 5.27. The molecule has 0 saturated carbocycles. The lowest BCUT2D eigenvalue weighted by molar-refractivity contribution is 0.300. The lowest BCUT2D eigenvalue weighted by atomic mass is 10.2. The van der Waals surface area contributed by atoms with E-state index in [4.69, 9.17) is 22.1 Å². The van der Waals surface area contributed by atoms with Crippen LogP contribution in [0.15, 0.2) is 36.4 Å². The van der Waals surface area contributed by atoms with E-state index in [-0.39, 0.29) is 12.4 Å². The Morgan fingerprint density at radius 2 is 2.06 bits per heavy atom. The van der Waals surface area contributed by atoms with Crippen LogP contribution in [0.3, 0.4) is 0 Å². The maximum absolute atomic E-state index is 13.5. The molecule has 0 unspecified atom stereocenters. The van der Waals surface area contributed by atoms with Crippen LogP contribution in [0.1, 0.15) is 11.1 Å². The predicted molar refractivity (Wildman–Crippen MR) is 71.3 cm³/mol. The molecular formula is C14H13ClFNO. The van der Waals surface area contributed by atoms with Crippen LogP contribution in [0.4, 0.5) is 10.1 Å². The predicted octanol–water partition coefficient (Wildman–Crippen LogP) is 3.95. The second-order valence-electron chi connectivity index (χ2n) is 4.01. The molecule has 2 rings (SSSR count). The molecule has 0 aliphatic heterocycles. The molecule has 4 heteroatoms. The Bertz CT molecular complexity index is 551. The molecule has 0 bridgehead atoms. The number of hydrogen-bond acceptors (Lipinski definition) is 2. The van der Waals surface area contributed by atoms with Crippen molar-refractivity contribution < 1.29 is 9.13 Å². The van der Waals surface area contributed by atoms with Crippen LogP contribution >= 0.6 is 11.6 Å². The third kappa shape index (κ3) is 2.74. The van der Waals surface area contributed by atoms with Crippen molar-refractivity contribution in [2.24, 2.45) is 0 Å². The van der Waals surface area contributed by atoms with Gasteiger partial charge in [0, 0.05) is 17.3 Å². The molecule has 0 aromatic heterocycles. The van der Waals surface area contributed by atoms with Crippen molar-refractivity contribution in [2.75, 3.05) is 5.73 Å². The van der Waals surface area contributed by atoms with Crippen molar-refractivity contribution in [3.05, 3.63) is 58.4 Å². The molecule has 0 radical (unpaired) electrons. The van der Waals surface area contributed by atoms with E-state index in [0.717, 1.165) is 5.56 Å². The third-order valence-electron chi connectivity index (χ3n) is 2.70.